The Labute approximate surface area is 167 Å². The summed E-state index contributed by atoms with van der Waals surface area (Å²) in [6.45, 7) is 0.110. The zero-order chi connectivity index (χ0) is 20.4. The Hall–Kier alpha value is -3.67. The molecule has 0 bridgehead atoms. The van der Waals surface area contributed by atoms with Crippen LogP contribution < -0.4 is 10.1 Å². The van der Waals surface area contributed by atoms with Crippen molar-refractivity contribution >= 4 is 17.7 Å². The fourth-order valence-electron chi connectivity index (χ4n) is 3.64. The van der Waals surface area contributed by atoms with E-state index in [0.717, 1.165) is 5.56 Å². The average molecular weight is 389 g/mol. The van der Waals surface area contributed by atoms with Crippen molar-refractivity contribution in [1.82, 2.24) is 5.32 Å². The Balaban J connectivity index is 1.57. The van der Waals surface area contributed by atoms with Crippen molar-refractivity contribution in [2.75, 3.05) is 7.11 Å². The number of fused-ring (bicyclic) bond motifs is 1. The number of hydrogen-bond donors (Lipinski definition) is 1. The Morgan fingerprint density at radius 3 is 2.62 bits per heavy atom. The van der Waals surface area contributed by atoms with E-state index >= 15 is 0 Å². The lowest BCUT2D eigenvalue weighted by Gasteiger charge is -2.28. The monoisotopic (exact) mass is 389 g/mol. The zero-order valence-corrected chi connectivity index (χ0v) is 15.8. The first-order valence-electron chi connectivity index (χ1n) is 9.23. The fraction of sp³-hybridized carbons (Fsp3) is 0.174. The number of hydrogen-bond acceptors (Lipinski definition) is 5. The van der Waals surface area contributed by atoms with Gasteiger partial charge in [-0.1, -0.05) is 54.6 Å². The van der Waals surface area contributed by atoms with Gasteiger partial charge in [0.05, 0.1) is 18.7 Å². The molecule has 6 nitrogen and oxygen atoms in total. The van der Waals surface area contributed by atoms with Gasteiger partial charge in [0.2, 0.25) is 0 Å². The van der Waals surface area contributed by atoms with E-state index in [-0.39, 0.29) is 29.3 Å². The predicted octanol–water partition coefficient (Wildman–Crippen LogP) is 3.63. The molecule has 1 N–H and O–H groups in total. The van der Waals surface area contributed by atoms with Crippen LogP contribution in [0.3, 0.4) is 0 Å². The summed E-state index contributed by atoms with van der Waals surface area (Å²) in [5.41, 5.74) is 2.08. The summed E-state index contributed by atoms with van der Waals surface area (Å²) in [6, 6.07) is 13.5. The fourth-order valence-corrected chi connectivity index (χ4v) is 3.64. The summed E-state index contributed by atoms with van der Waals surface area (Å²) in [7, 11) is 1.45. The van der Waals surface area contributed by atoms with Crippen molar-refractivity contribution in [2.45, 2.75) is 19.1 Å². The van der Waals surface area contributed by atoms with E-state index in [0.29, 0.717) is 23.3 Å². The van der Waals surface area contributed by atoms with Crippen molar-refractivity contribution in [2.24, 2.45) is 0 Å². The maximum Gasteiger partial charge on any atom is 0.408 e. The van der Waals surface area contributed by atoms with Gasteiger partial charge < -0.3 is 14.8 Å². The summed E-state index contributed by atoms with van der Waals surface area (Å²) >= 11 is 0. The van der Waals surface area contributed by atoms with Gasteiger partial charge in [-0.3, -0.25) is 9.59 Å². The number of rotatable bonds is 4. The van der Waals surface area contributed by atoms with Crippen molar-refractivity contribution in [3.05, 3.63) is 88.5 Å². The molecule has 29 heavy (non-hydrogen) atoms. The minimum Gasteiger partial charge on any atom is -0.496 e. The summed E-state index contributed by atoms with van der Waals surface area (Å²) in [5, 5.41) is 2.69. The Morgan fingerprint density at radius 1 is 1.07 bits per heavy atom. The minimum absolute atomic E-state index is 0.110. The van der Waals surface area contributed by atoms with Crippen molar-refractivity contribution in [1.29, 1.82) is 0 Å². The van der Waals surface area contributed by atoms with Gasteiger partial charge in [0.25, 0.3) is 0 Å². The molecule has 0 fully saturated rings. The quantitative estimate of drug-likeness (QED) is 0.808. The van der Waals surface area contributed by atoms with E-state index in [4.69, 9.17) is 9.47 Å². The van der Waals surface area contributed by atoms with Gasteiger partial charge in [-0.05, 0) is 18.1 Å². The summed E-state index contributed by atoms with van der Waals surface area (Å²) < 4.78 is 10.5. The van der Waals surface area contributed by atoms with Gasteiger partial charge in [0.15, 0.2) is 11.6 Å². The van der Waals surface area contributed by atoms with Gasteiger partial charge in [-0.15, -0.1) is 0 Å². The molecule has 0 spiro atoms. The third-order valence-electron chi connectivity index (χ3n) is 5.01. The van der Waals surface area contributed by atoms with E-state index in [2.05, 4.69) is 5.32 Å². The molecule has 0 radical (unpaired) electrons. The largest absolute Gasteiger partial charge is 0.496 e. The molecular formula is C23H19NO5. The first-order valence-corrected chi connectivity index (χ1v) is 9.23. The lowest BCUT2D eigenvalue weighted by atomic mass is 9.77. The Morgan fingerprint density at radius 2 is 1.86 bits per heavy atom. The van der Waals surface area contributed by atoms with Crippen molar-refractivity contribution < 1.29 is 23.9 Å². The standard InChI is InChI=1S/C23H19NO5/c1-28-18-12-6-10-16-20(18)22(26)19-15(21(16)25)9-5-11-17(19)24-23(27)29-13-14-7-3-2-4-8-14/h2-8,10-12,17H,9,13H2,1H3,(H,24,27). The maximum atomic E-state index is 13.2. The number of carbonyl (C=O) groups is 3. The number of benzene rings is 2. The molecule has 0 heterocycles. The number of allylic oxidation sites excluding steroid dienone is 2. The molecular weight excluding hydrogens is 370 g/mol. The zero-order valence-electron chi connectivity index (χ0n) is 15.8. The molecule has 2 aromatic carbocycles. The summed E-state index contributed by atoms with van der Waals surface area (Å²) in [5.74, 6) is -0.195. The molecule has 2 aliphatic carbocycles. The number of nitrogens with one attached hydrogen (secondary N) is 1. The second-order valence-electron chi connectivity index (χ2n) is 6.75. The van der Waals surface area contributed by atoms with Gasteiger partial charge in [-0.25, -0.2) is 4.79 Å². The SMILES string of the molecule is COc1cccc2c1C(=O)C1=C(CC=CC1NC(=O)OCc1ccccc1)C2=O. The van der Waals surface area contributed by atoms with Crippen LogP contribution in [0.4, 0.5) is 4.79 Å². The van der Waals surface area contributed by atoms with Gasteiger partial charge in [0, 0.05) is 16.7 Å². The number of ketones is 2. The molecule has 6 heteroatoms. The molecule has 1 atom stereocenters. The van der Waals surface area contributed by atoms with Gasteiger partial charge in [-0.2, -0.15) is 0 Å². The first kappa shape index (κ1) is 18.7. The van der Waals surface area contributed by atoms with Crippen LogP contribution in [-0.4, -0.2) is 30.8 Å². The molecule has 0 saturated carbocycles. The smallest absolute Gasteiger partial charge is 0.408 e. The molecule has 146 valence electrons. The van der Waals surface area contributed by atoms with Crippen LogP contribution in [0.2, 0.25) is 0 Å². The number of carbonyl (C=O) groups excluding carboxylic acids is 3. The van der Waals surface area contributed by atoms with Crippen LogP contribution in [0.25, 0.3) is 0 Å². The molecule has 2 aliphatic rings. The maximum absolute atomic E-state index is 13.2. The lowest BCUT2D eigenvalue weighted by molar-refractivity contribution is 0.0962. The van der Waals surface area contributed by atoms with Crippen molar-refractivity contribution in [3.8, 4) is 5.75 Å². The number of ether oxygens (including phenoxy) is 2. The highest BCUT2D eigenvalue weighted by molar-refractivity contribution is 6.28. The molecule has 0 aliphatic heterocycles. The first-order chi connectivity index (χ1) is 14.1. The third kappa shape index (κ3) is 3.45. The molecule has 2 aromatic rings. The summed E-state index contributed by atoms with van der Waals surface area (Å²) in [6.07, 6.45) is 3.16. The second kappa shape index (κ2) is 7.75. The second-order valence-corrected chi connectivity index (χ2v) is 6.75. The highest BCUT2D eigenvalue weighted by atomic mass is 16.5. The third-order valence-corrected chi connectivity index (χ3v) is 5.01. The number of alkyl carbamates (subject to hydrolysis) is 1. The molecule has 1 amide bonds. The summed E-state index contributed by atoms with van der Waals surface area (Å²) in [4.78, 5) is 38.5. The lowest BCUT2D eigenvalue weighted by Crippen LogP contribution is -2.41. The van der Waals surface area contributed by atoms with E-state index in [1.54, 1.807) is 30.4 Å². The highest BCUT2D eigenvalue weighted by Gasteiger charge is 2.38. The van der Waals surface area contributed by atoms with Crippen LogP contribution in [0, 0.1) is 0 Å². The van der Waals surface area contributed by atoms with Gasteiger partial charge in [0.1, 0.15) is 12.4 Å². The number of amides is 1. The molecule has 1 unspecified atom stereocenters. The van der Waals surface area contributed by atoms with E-state index in [1.807, 2.05) is 30.3 Å². The molecule has 0 saturated heterocycles. The van der Waals surface area contributed by atoms with Crippen LogP contribution in [0.1, 0.15) is 32.7 Å². The Kier molecular flexibility index (Phi) is 4.99. The Bertz CT molecular complexity index is 1050. The minimum atomic E-state index is -0.739. The average Bonchev–Trinajstić information content (AvgIpc) is 2.76. The van der Waals surface area contributed by atoms with E-state index < -0.39 is 12.1 Å². The molecule has 0 aromatic heterocycles. The van der Waals surface area contributed by atoms with Crippen LogP contribution in [0.15, 0.2) is 71.8 Å². The van der Waals surface area contributed by atoms with Gasteiger partial charge >= 0.3 is 6.09 Å². The van der Waals surface area contributed by atoms with Crippen LogP contribution >= 0.6 is 0 Å². The number of methoxy groups -OCH3 is 1. The normalized spacial score (nSPS) is 17.5. The van der Waals surface area contributed by atoms with E-state index in [1.165, 1.54) is 7.11 Å². The highest BCUT2D eigenvalue weighted by Crippen LogP contribution is 2.36. The van der Waals surface area contributed by atoms with E-state index in [9.17, 15) is 14.4 Å². The number of Topliss-reactive ketones (excluding diaryl/α,β-unsaturated/α-hetero) is 2. The predicted molar refractivity (Wildman–Crippen MR) is 106 cm³/mol. The van der Waals surface area contributed by atoms with Crippen molar-refractivity contribution in [3.63, 3.8) is 0 Å². The topological polar surface area (TPSA) is 81.7 Å². The van der Waals surface area contributed by atoms with Crippen LogP contribution in [0.5, 0.6) is 5.75 Å². The van der Waals surface area contributed by atoms with Crippen LogP contribution in [-0.2, 0) is 11.3 Å². The molecule has 4 rings (SSSR count).